The Balaban J connectivity index is 2.17. The summed E-state index contributed by atoms with van der Waals surface area (Å²) in [5.74, 6) is -0.163. The van der Waals surface area contributed by atoms with Crippen molar-refractivity contribution in [1.29, 1.82) is 5.26 Å². The molecule has 0 aromatic heterocycles. The van der Waals surface area contributed by atoms with Crippen molar-refractivity contribution < 1.29 is 13.2 Å². The Morgan fingerprint density at radius 2 is 2.19 bits per heavy atom. The van der Waals surface area contributed by atoms with Gasteiger partial charge in [-0.3, -0.25) is 4.79 Å². The summed E-state index contributed by atoms with van der Waals surface area (Å²) in [6, 6.07) is 1.73. The molecule has 3 atom stereocenters. The predicted molar refractivity (Wildman–Crippen MR) is 57.1 cm³/mol. The second-order valence-corrected chi connectivity index (χ2v) is 6.77. The Labute approximate surface area is 95.0 Å². The summed E-state index contributed by atoms with van der Waals surface area (Å²) in [6.07, 6.45) is 0.741. The van der Waals surface area contributed by atoms with E-state index in [0.717, 1.165) is 0 Å². The number of sulfone groups is 1. The lowest BCUT2D eigenvalue weighted by Crippen LogP contribution is -2.42. The van der Waals surface area contributed by atoms with Crippen LogP contribution in [-0.2, 0) is 14.6 Å². The van der Waals surface area contributed by atoms with Crippen molar-refractivity contribution in [3.05, 3.63) is 0 Å². The van der Waals surface area contributed by atoms with E-state index < -0.39 is 9.84 Å². The third kappa shape index (κ3) is 1.80. The van der Waals surface area contributed by atoms with E-state index in [1.165, 1.54) is 0 Å². The molecular weight excluding hydrogens is 228 g/mol. The monoisotopic (exact) mass is 242 g/mol. The topological polar surface area (TPSA) is 78.2 Å². The molecular formula is C10H14N2O3S. The fourth-order valence-electron chi connectivity index (χ4n) is 2.57. The largest absolute Gasteiger partial charge is 0.335 e. The minimum Gasteiger partial charge on any atom is -0.335 e. The highest BCUT2D eigenvalue weighted by Gasteiger charge is 2.44. The number of amides is 1. The Kier molecular flexibility index (Phi) is 2.66. The van der Waals surface area contributed by atoms with Gasteiger partial charge in [0.2, 0.25) is 5.91 Å². The Morgan fingerprint density at radius 3 is 2.62 bits per heavy atom. The van der Waals surface area contributed by atoms with E-state index in [1.807, 2.05) is 6.92 Å². The van der Waals surface area contributed by atoms with Gasteiger partial charge in [-0.2, -0.15) is 5.26 Å². The van der Waals surface area contributed by atoms with E-state index in [-0.39, 0.29) is 41.8 Å². The van der Waals surface area contributed by atoms with Crippen LogP contribution in [0, 0.1) is 17.2 Å². The molecule has 0 radical (unpaired) electrons. The van der Waals surface area contributed by atoms with Gasteiger partial charge >= 0.3 is 0 Å². The van der Waals surface area contributed by atoms with Crippen LogP contribution in [0.5, 0.6) is 0 Å². The first-order valence-corrected chi connectivity index (χ1v) is 7.18. The quantitative estimate of drug-likeness (QED) is 0.645. The summed E-state index contributed by atoms with van der Waals surface area (Å²) in [5.41, 5.74) is 0. The number of nitrogens with zero attached hydrogens (tertiary/aromatic N) is 2. The number of hydrogen-bond acceptors (Lipinski definition) is 4. The van der Waals surface area contributed by atoms with E-state index in [4.69, 9.17) is 5.26 Å². The lowest BCUT2D eigenvalue weighted by molar-refractivity contribution is -0.130. The maximum absolute atomic E-state index is 11.7. The Hall–Kier alpha value is -1.09. The molecule has 2 saturated heterocycles. The normalized spacial score (nSPS) is 37.6. The molecule has 1 amide bonds. The third-order valence-corrected chi connectivity index (χ3v) is 5.22. The van der Waals surface area contributed by atoms with Crippen molar-refractivity contribution in [3.63, 3.8) is 0 Å². The standard InChI is InChI=1S/C10H14N2O3S/c1-7-8(5-11)4-10(13)12(7)9-2-3-16(14,15)6-9/h7-9H,2-4,6H2,1H3. The average Bonchev–Trinajstić information content (AvgIpc) is 2.67. The molecule has 5 nitrogen and oxygen atoms in total. The van der Waals surface area contributed by atoms with Crippen LogP contribution in [0.15, 0.2) is 0 Å². The molecule has 0 aliphatic carbocycles. The lowest BCUT2D eigenvalue weighted by atomic mass is 10.0. The first-order chi connectivity index (χ1) is 7.44. The van der Waals surface area contributed by atoms with Crippen LogP contribution in [0.4, 0.5) is 0 Å². The maximum atomic E-state index is 11.7. The van der Waals surface area contributed by atoms with Gasteiger partial charge in [0, 0.05) is 18.5 Å². The molecule has 6 heteroatoms. The van der Waals surface area contributed by atoms with Gasteiger partial charge in [-0.05, 0) is 13.3 Å². The second-order valence-electron chi connectivity index (χ2n) is 4.54. The molecule has 0 bridgehead atoms. The van der Waals surface area contributed by atoms with Gasteiger partial charge in [0.25, 0.3) is 0 Å². The van der Waals surface area contributed by atoms with E-state index in [2.05, 4.69) is 6.07 Å². The van der Waals surface area contributed by atoms with Crippen LogP contribution in [0.2, 0.25) is 0 Å². The number of likely N-dealkylation sites (tertiary alicyclic amines) is 1. The molecule has 2 fully saturated rings. The van der Waals surface area contributed by atoms with E-state index in [1.54, 1.807) is 4.90 Å². The summed E-state index contributed by atoms with van der Waals surface area (Å²) in [6.45, 7) is 1.82. The van der Waals surface area contributed by atoms with Gasteiger partial charge < -0.3 is 4.90 Å². The van der Waals surface area contributed by atoms with Gasteiger partial charge in [-0.25, -0.2) is 8.42 Å². The van der Waals surface area contributed by atoms with Crippen LogP contribution in [0.1, 0.15) is 19.8 Å². The van der Waals surface area contributed by atoms with Gasteiger partial charge in [-0.1, -0.05) is 0 Å². The van der Waals surface area contributed by atoms with Gasteiger partial charge in [-0.15, -0.1) is 0 Å². The molecule has 2 aliphatic heterocycles. The van der Waals surface area contributed by atoms with Crippen molar-refractivity contribution in [1.82, 2.24) is 4.90 Å². The zero-order chi connectivity index (χ0) is 11.9. The number of carbonyl (C=O) groups is 1. The number of carbonyl (C=O) groups excluding carboxylic acids is 1. The fourth-order valence-corrected chi connectivity index (χ4v) is 4.28. The summed E-state index contributed by atoms with van der Waals surface area (Å²) in [5, 5.41) is 8.87. The van der Waals surface area contributed by atoms with Gasteiger partial charge in [0.1, 0.15) is 0 Å². The molecule has 0 aromatic carbocycles. The lowest BCUT2D eigenvalue weighted by Gasteiger charge is -2.28. The minimum atomic E-state index is -2.98. The van der Waals surface area contributed by atoms with Crippen LogP contribution >= 0.6 is 0 Å². The summed E-state index contributed by atoms with van der Waals surface area (Å²) >= 11 is 0. The molecule has 0 N–H and O–H groups in total. The maximum Gasteiger partial charge on any atom is 0.224 e. The molecule has 0 spiro atoms. The zero-order valence-corrected chi connectivity index (χ0v) is 9.90. The third-order valence-electron chi connectivity index (χ3n) is 3.47. The highest BCUT2D eigenvalue weighted by molar-refractivity contribution is 7.91. The molecule has 2 rings (SSSR count). The summed E-state index contributed by atoms with van der Waals surface area (Å²) < 4.78 is 22.7. The van der Waals surface area contributed by atoms with Crippen molar-refractivity contribution in [2.75, 3.05) is 11.5 Å². The smallest absolute Gasteiger partial charge is 0.224 e. The van der Waals surface area contributed by atoms with Crippen molar-refractivity contribution in [2.45, 2.75) is 31.8 Å². The highest BCUT2D eigenvalue weighted by Crippen LogP contribution is 2.30. The van der Waals surface area contributed by atoms with Crippen LogP contribution < -0.4 is 0 Å². The highest BCUT2D eigenvalue weighted by atomic mass is 32.2. The molecule has 0 aromatic rings. The first-order valence-electron chi connectivity index (χ1n) is 5.36. The average molecular weight is 242 g/mol. The summed E-state index contributed by atoms with van der Waals surface area (Å²) in [4.78, 5) is 13.3. The fraction of sp³-hybridized carbons (Fsp3) is 0.800. The molecule has 88 valence electrons. The number of nitriles is 1. The van der Waals surface area contributed by atoms with Crippen LogP contribution in [0.3, 0.4) is 0 Å². The van der Waals surface area contributed by atoms with E-state index in [9.17, 15) is 13.2 Å². The Bertz CT molecular complexity index is 451. The molecule has 0 saturated carbocycles. The van der Waals surface area contributed by atoms with E-state index >= 15 is 0 Å². The first kappa shape index (κ1) is 11.4. The molecule has 2 heterocycles. The predicted octanol–water partition coefficient (Wildman–Crippen LogP) is -0.0659. The SMILES string of the molecule is CC1C(C#N)CC(=O)N1C1CCS(=O)(=O)C1. The molecule has 2 aliphatic rings. The molecule has 16 heavy (non-hydrogen) atoms. The summed E-state index contributed by atoms with van der Waals surface area (Å²) in [7, 11) is -2.98. The van der Waals surface area contributed by atoms with Crippen molar-refractivity contribution >= 4 is 15.7 Å². The van der Waals surface area contributed by atoms with Crippen LogP contribution in [0.25, 0.3) is 0 Å². The van der Waals surface area contributed by atoms with Crippen molar-refractivity contribution in [2.24, 2.45) is 5.92 Å². The minimum absolute atomic E-state index is 0.0568. The number of hydrogen-bond donors (Lipinski definition) is 0. The van der Waals surface area contributed by atoms with Gasteiger partial charge in [0.05, 0.1) is 23.5 Å². The number of rotatable bonds is 1. The van der Waals surface area contributed by atoms with Gasteiger partial charge in [0.15, 0.2) is 9.84 Å². The van der Waals surface area contributed by atoms with E-state index in [0.29, 0.717) is 6.42 Å². The Morgan fingerprint density at radius 1 is 1.50 bits per heavy atom. The second kappa shape index (κ2) is 3.74. The molecule has 3 unspecified atom stereocenters. The zero-order valence-electron chi connectivity index (χ0n) is 9.09. The van der Waals surface area contributed by atoms with Crippen LogP contribution in [-0.4, -0.2) is 42.8 Å². The van der Waals surface area contributed by atoms with Crippen molar-refractivity contribution in [3.8, 4) is 6.07 Å².